The normalized spacial score (nSPS) is 12.3. The summed E-state index contributed by atoms with van der Waals surface area (Å²) in [5.41, 5.74) is 3.81. The largest absolute Gasteiger partial charge is 0.396 e. The lowest BCUT2D eigenvalue weighted by Crippen LogP contribution is -2.13. The molecule has 2 aromatic carbocycles. The predicted octanol–water partition coefficient (Wildman–Crippen LogP) is 4.30. The molecule has 0 aliphatic carbocycles. The first kappa shape index (κ1) is 15.1. The van der Waals surface area contributed by atoms with Crippen LogP contribution in [0.5, 0.6) is 0 Å². The van der Waals surface area contributed by atoms with Crippen LogP contribution >= 0.6 is 11.6 Å². The number of aryl methyl sites for hydroxylation is 1. The van der Waals surface area contributed by atoms with Gasteiger partial charge in [-0.1, -0.05) is 54.9 Å². The monoisotopic (exact) mass is 288 g/mol. The van der Waals surface area contributed by atoms with Crippen molar-refractivity contribution in [3.63, 3.8) is 0 Å². The van der Waals surface area contributed by atoms with Crippen molar-refractivity contribution in [3.05, 3.63) is 70.2 Å². The summed E-state index contributed by atoms with van der Waals surface area (Å²) >= 11 is 6.00. The molecule has 1 nitrogen and oxygen atoms in total. The van der Waals surface area contributed by atoms with Crippen LogP contribution in [-0.4, -0.2) is 11.7 Å². The maximum absolute atomic E-state index is 9.59. The number of benzene rings is 2. The van der Waals surface area contributed by atoms with E-state index in [2.05, 4.69) is 37.3 Å². The molecule has 0 aliphatic heterocycles. The Bertz CT molecular complexity index is 533. The molecule has 0 amide bonds. The number of halogens is 1. The van der Waals surface area contributed by atoms with Gasteiger partial charge in [0.05, 0.1) is 0 Å². The van der Waals surface area contributed by atoms with E-state index in [1.165, 1.54) is 16.7 Å². The third kappa shape index (κ3) is 4.36. The zero-order chi connectivity index (χ0) is 14.4. The average Bonchev–Trinajstić information content (AvgIpc) is 2.47. The molecule has 0 aromatic heterocycles. The van der Waals surface area contributed by atoms with Gasteiger partial charge in [-0.3, -0.25) is 0 Å². The highest BCUT2D eigenvalue weighted by Crippen LogP contribution is 2.18. The van der Waals surface area contributed by atoms with Gasteiger partial charge in [0.25, 0.3) is 0 Å². The predicted molar refractivity (Wildman–Crippen MR) is 85.3 cm³/mol. The van der Waals surface area contributed by atoms with Gasteiger partial charge in [-0.15, -0.1) is 0 Å². The Morgan fingerprint density at radius 2 is 1.60 bits per heavy atom. The second-order valence-corrected chi connectivity index (χ2v) is 5.69. The van der Waals surface area contributed by atoms with Crippen LogP contribution in [0.3, 0.4) is 0 Å². The third-order valence-electron chi connectivity index (χ3n) is 3.63. The van der Waals surface area contributed by atoms with Gasteiger partial charge in [-0.2, -0.15) is 0 Å². The Morgan fingerprint density at radius 3 is 2.20 bits per heavy atom. The van der Waals surface area contributed by atoms with E-state index in [0.717, 1.165) is 24.3 Å². The first-order valence-electron chi connectivity index (χ1n) is 7.14. The van der Waals surface area contributed by atoms with Gasteiger partial charge in [0.1, 0.15) is 0 Å². The summed E-state index contributed by atoms with van der Waals surface area (Å²) in [5, 5.41) is 10.3. The first-order chi connectivity index (χ1) is 9.71. The molecule has 0 saturated heterocycles. The molecular weight excluding hydrogens is 268 g/mol. The van der Waals surface area contributed by atoms with Crippen LogP contribution in [-0.2, 0) is 19.3 Å². The fourth-order valence-corrected chi connectivity index (χ4v) is 2.66. The Labute approximate surface area is 126 Å². The summed E-state index contributed by atoms with van der Waals surface area (Å²) in [6.45, 7) is 2.35. The molecule has 1 unspecified atom stereocenters. The first-order valence-corrected chi connectivity index (χ1v) is 7.52. The Morgan fingerprint density at radius 1 is 0.950 bits per heavy atom. The lowest BCUT2D eigenvalue weighted by molar-refractivity contribution is 0.225. The van der Waals surface area contributed by atoms with Crippen LogP contribution < -0.4 is 0 Å². The maximum atomic E-state index is 9.59. The smallest absolute Gasteiger partial charge is 0.0465 e. The van der Waals surface area contributed by atoms with Crippen molar-refractivity contribution in [1.82, 2.24) is 0 Å². The molecule has 0 radical (unpaired) electrons. The van der Waals surface area contributed by atoms with E-state index in [1.807, 2.05) is 18.2 Å². The summed E-state index contributed by atoms with van der Waals surface area (Å²) in [5.74, 6) is 0.237. The van der Waals surface area contributed by atoms with E-state index in [1.54, 1.807) is 0 Å². The highest BCUT2D eigenvalue weighted by Gasteiger charge is 2.10. The third-order valence-corrected chi connectivity index (χ3v) is 3.86. The minimum Gasteiger partial charge on any atom is -0.396 e. The van der Waals surface area contributed by atoms with Crippen LogP contribution in [0.4, 0.5) is 0 Å². The van der Waals surface area contributed by atoms with Crippen molar-refractivity contribution in [3.8, 4) is 0 Å². The summed E-state index contributed by atoms with van der Waals surface area (Å²) in [7, 11) is 0. The van der Waals surface area contributed by atoms with Crippen molar-refractivity contribution in [2.45, 2.75) is 26.2 Å². The van der Waals surface area contributed by atoms with Crippen LogP contribution in [0.15, 0.2) is 48.5 Å². The fourth-order valence-electron chi connectivity index (χ4n) is 2.44. The minimum absolute atomic E-state index is 0.196. The van der Waals surface area contributed by atoms with Crippen LogP contribution in [0.2, 0.25) is 5.02 Å². The second-order valence-electron chi connectivity index (χ2n) is 5.26. The molecule has 20 heavy (non-hydrogen) atoms. The molecule has 1 atom stereocenters. The summed E-state index contributed by atoms with van der Waals surface area (Å²) < 4.78 is 0. The van der Waals surface area contributed by atoms with Gasteiger partial charge in [-0.25, -0.2) is 0 Å². The van der Waals surface area contributed by atoms with E-state index in [9.17, 15) is 5.11 Å². The van der Waals surface area contributed by atoms with Crippen LogP contribution in [0.25, 0.3) is 0 Å². The highest BCUT2D eigenvalue weighted by atomic mass is 35.5. The summed E-state index contributed by atoms with van der Waals surface area (Å²) in [6.07, 6.45) is 2.81. The van der Waals surface area contributed by atoms with E-state index >= 15 is 0 Å². The van der Waals surface area contributed by atoms with E-state index in [0.29, 0.717) is 0 Å². The quantitative estimate of drug-likeness (QED) is 0.840. The molecule has 0 saturated carbocycles. The zero-order valence-corrected chi connectivity index (χ0v) is 12.6. The lowest BCUT2D eigenvalue weighted by atomic mass is 9.93. The lowest BCUT2D eigenvalue weighted by Gasteiger charge is -2.15. The van der Waals surface area contributed by atoms with E-state index in [4.69, 9.17) is 11.6 Å². The van der Waals surface area contributed by atoms with Gasteiger partial charge in [0, 0.05) is 11.6 Å². The second kappa shape index (κ2) is 7.47. The highest BCUT2D eigenvalue weighted by molar-refractivity contribution is 6.30. The summed E-state index contributed by atoms with van der Waals surface area (Å²) in [6, 6.07) is 16.6. The molecular formula is C18H21ClO. The molecule has 2 rings (SSSR count). The molecule has 0 spiro atoms. The van der Waals surface area contributed by atoms with Gasteiger partial charge < -0.3 is 5.11 Å². The molecule has 0 aliphatic rings. The van der Waals surface area contributed by atoms with Crippen LogP contribution in [0.1, 0.15) is 23.6 Å². The van der Waals surface area contributed by atoms with E-state index in [-0.39, 0.29) is 12.5 Å². The molecule has 2 heteroatoms. The molecule has 0 heterocycles. The Balaban J connectivity index is 2.01. The van der Waals surface area contributed by atoms with E-state index < -0.39 is 0 Å². The molecule has 0 fully saturated rings. The Kier molecular flexibility index (Phi) is 5.63. The maximum Gasteiger partial charge on any atom is 0.0465 e. The van der Waals surface area contributed by atoms with Crippen molar-refractivity contribution in [2.24, 2.45) is 5.92 Å². The van der Waals surface area contributed by atoms with Crippen LogP contribution in [0, 0.1) is 5.92 Å². The minimum atomic E-state index is 0.196. The molecule has 1 N–H and O–H groups in total. The molecule has 0 bridgehead atoms. The standard InChI is InChI=1S/C18H21ClO/c1-2-14-6-8-15(9-7-14)10-17(13-20)11-16-4-3-5-18(19)12-16/h3-9,12,17,20H,2,10-11,13H2,1H3. The zero-order valence-electron chi connectivity index (χ0n) is 11.8. The number of rotatable bonds is 6. The van der Waals surface area contributed by atoms with Gasteiger partial charge in [0.2, 0.25) is 0 Å². The molecule has 106 valence electrons. The summed E-state index contributed by atoms with van der Waals surface area (Å²) in [4.78, 5) is 0. The van der Waals surface area contributed by atoms with Gasteiger partial charge >= 0.3 is 0 Å². The van der Waals surface area contributed by atoms with Gasteiger partial charge in [-0.05, 0) is 54.0 Å². The van der Waals surface area contributed by atoms with Gasteiger partial charge in [0.15, 0.2) is 0 Å². The van der Waals surface area contributed by atoms with Crippen molar-refractivity contribution in [2.75, 3.05) is 6.61 Å². The molecule has 2 aromatic rings. The van der Waals surface area contributed by atoms with Crippen molar-refractivity contribution >= 4 is 11.6 Å². The number of aliphatic hydroxyl groups excluding tert-OH is 1. The SMILES string of the molecule is CCc1ccc(CC(CO)Cc2cccc(Cl)c2)cc1. The number of hydrogen-bond donors (Lipinski definition) is 1. The average molecular weight is 289 g/mol. The fraction of sp³-hybridized carbons (Fsp3) is 0.333. The van der Waals surface area contributed by atoms with Crippen molar-refractivity contribution in [1.29, 1.82) is 0 Å². The van der Waals surface area contributed by atoms with Crippen molar-refractivity contribution < 1.29 is 5.11 Å². The number of aliphatic hydroxyl groups is 1. The number of hydrogen-bond acceptors (Lipinski definition) is 1. The Hall–Kier alpha value is -1.31. The topological polar surface area (TPSA) is 20.2 Å².